The Morgan fingerprint density at radius 2 is 1.78 bits per heavy atom. The van der Waals surface area contributed by atoms with Gasteiger partial charge in [0.25, 0.3) is 0 Å². The van der Waals surface area contributed by atoms with Gasteiger partial charge in [0.05, 0.1) is 11.3 Å². The van der Waals surface area contributed by atoms with Gasteiger partial charge in [-0.3, -0.25) is 0 Å². The van der Waals surface area contributed by atoms with E-state index in [2.05, 4.69) is 5.32 Å². The van der Waals surface area contributed by atoms with Crippen molar-refractivity contribution in [2.24, 2.45) is 0 Å². The predicted octanol–water partition coefficient (Wildman–Crippen LogP) is 6.56. The molecule has 4 nitrogen and oxygen atoms in total. The zero-order chi connectivity index (χ0) is 22.6. The largest absolute Gasteiger partial charge is 0.489 e. The molecule has 32 heavy (non-hydrogen) atoms. The molecule has 4 rings (SSSR count). The first-order chi connectivity index (χ1) is 15.4. The van der Waals surface area contributed by atoms with E-state index in [9.17, 15) is 18.0 Å². The molecule has 1 aliphatic heterocycles. The Balaban J connectivity index is 1.47. The number of ether oxygens (including phenoxy) is 1. The molecule has 1 aliphatic rings. The maximum atomic E-state index is 13.3. The predicted molar refractivity (Wildman–Crippen MR) is 120 cm³/mol. The van der Waals surface area contributed by atoms with Crippen molar-refractivity contribution in [3.05, 3.63) is 95.6 Å². The molecular formula is C24H21F3N2O2S. The van der Waals surface area contributed by atoms with E-state index in [0.29, 0.717) is 24.7 Å². The Hall–Kier alpha value is -3.13. The van der Waals surface area contributed by atoms with Gasteiger partial charge < -0.3 is 15.0 Å². The Morgan fingerprint density at radius 3 is 2.56 bits per heavy atom. The minimum atomic E-state index is -4.55. The van der Waals surface area contributed by atoms with E-state index in [1.807, 2.05) is 54.6 Å². The maximum Gasteiger partial charge on any atom is 0.418 e. The zero-order valence-corrected chi connectivity index (χ0v) is 17.8. The minimum Gasteiger partial charge on any atom is -0.489 e. The van der Waals surface area contributed by atoms with Crippen LogP contribution in [0.25, 0.3) is 0 Å². The number of anilines is 1. The van der Waals surface area contributed by atoms with E-state index < -0.39 is 17.8 Å². The van der Waals surface area contributed by atoms with Crippen LogP contribution in [0, 0.1) is 0 Å². The number of rotatable bonds is 5. The van der Waals surface area contributed by atoms with Crippen molar-refractivity contribution in [2.45, 2.75) is 18.2 Å². The molecular weight excluding hydrogens is 437 g/mol. The third-order valence-corrected chi connectivity index (χ3v) is 6.28. The number of amides is 2. The average Bonchev–Trinajstić information content (AvgIpc) is 3.29. The summed E-state index contributed by atoms with van der Waals surface area (Å²) in [5, 5.41) is 2.13. The van der Waals surface area contributed by atoms with Gasteiger partial charge >= 0.3 is 12.2 Å². The molecule has 1 saturated heterocycles. The van der Waals surface area contributed by atoms with Crippen LogP contribution in [0.1, 0.15) is 22.1 Å². The molecule has 2 amide bonds. The number of benzene rings is 3. The Kier molecular flexibility index (Phi) is 6.60. The molecule has 0 radical (unpaired) electrons. The normalized spacial score (nSPS) is 16.1. The van der Waals surface area contributed by atoms with Crippen LogP contribution >= 0.6 is 11.8 Å². The average molecular weight is 459 g/mol. The van der Waals surface area contributed by atoms with Crippen molar-refractivity contribution in [3.63, 3.8) is 0 Å². The highest BCUT2D eigenvalue weighted by molar-refractivity contribution is 7.99. The van der Waals surface area contributed by atoms with Gasteiger partial charge in [-0.05, 0) is 35.4 Å². The topological polar surface area (TPSA) is 41.6 Å². The summed E-state index contributed by atoms with van der Waals surface area (Å²) in [4.78, 5) is 14.4. The number of hydrogen-bond donors (Lipinski definition) is 1. The lowest BCUT2D eigenvalue weighted by Gasteiger charge is -2.25. The number of nitrogens with one attached hydrogen (secondary N) is 1. The van der Waals surface area contributed by atoms with Crippen molar-refractivity contribution in [3.8, 4) is 5.75 Å². The summed E-state index contributed by atoms with van der Waals surface area (Å²) in [6.45, 7) is 0.852. The number of alkyl halides is 3. The number of halogens is 3. The van der Waals surface area contributed by atoms with Crippen molar-refractivity contribution in [1.82, 2.24) is 4.90 Å². The van der Waals surface area contributed by atoms with E-state index in [1.165, 1.54) is 18.2 Å². The molecule has 8 heteroatoms. The summed E-state index contributed by atoms with van der Waals surface area (Å²) in [5.74, 6) is 1.36. The number of carbonyl (C=O) groups is 1. The highest BCUT2D eigenvalue weighted by atomic mass is 32.2. The Bertz CT molecular complexity index is 1080. The molecule has 1 fully saturated rings. The molecule has 0 saturated carbocycles. The van der Waals surface area contributed by atoms with Crippen molar-refractivity contribution >= 4 is 23.5 Å². The van der Waals surface area contributed by atoms with Gasteiger partial charge in [-0.25, -0.2) is 4.79 Å². The van der Waals surface area contributed by atoms with Crippen LogP contribution in [-0.4, -0.2) is 23.2 Å². The summed E-state index contributed by atoms with van der Waals surface area (Å²) in [5.41, 5.74) is 0.781. The molecule has 0 aliphatic carbocycles. The van der Waals surface area contributed by atoms with Crippen molar-refractivity contribution < 1.29 is 22.7 Å². The minimum absolute atomic E-state index is 0.249. The second-order valence-corrected chi connectivity index (χ2v) is 8.42. The van der Waals surface area contributed by atoms with Crippen molar-refractivity contribution in [2.75, 3.05) is 17.6 Å². The first kappa shape index (κ1) is 22.1. The standard InChI is InChI=1S/C24H21F3N2O2S/c25-24(26,27)20-11-4-5-12-21(20)28-23(30)29-13-14-32-22(29)18-9-6-10-19(15-18)31-16-17-7-2-1-3-8-17/h1-12,15,22H,13-14,16H2,(H,28,30). The van der Waals surface area contributed by atoms with Gasteiger partial charge in [-0.15, -0.1) is 11.8 Å². The molecule has 0 aromatic heterocycles. The van der Waals surface area contributed by atoms with Crippen LogP contribution in [0.15, 0.2) is 78.9 Å². The fraction of sp³-hybridized carbons (Fsp3) is 0.208. The van der Waals surface area contributed by atoms with Crippen LogP contribution in [0.4, 0.5) is 23.7 Å². The van der Waals surface area contributed by atoms with E-state index in [1.54, 1.807) is 16.7 Å². The van der Waals surface area contributed by atoms with Gasteiger partial charge in [-0.2, -0.15) is 13.2 Å². The first-order valence-electron chi connectivity index (χ1n) is 10.0. The third kappa shape index (κ3) is 5.19. The van der Waals surface area contributed by atoms with Crippen molar-refractivity contribution in [1.29, 1.82) is 0 Å². The lowest BCUT2D eigenvalue weighted by atomic mass is 10.1. The monoisotopic (exact) mass is 458 g/mol. The van der Waals surface area contributed by atoms with Crippen LogP contribution in [0.3, 0.4) is 0 Å². The molecule has 3 aromatic carbocycles. The van der Waals surface area contributed by atoms with Gasteiger partial charge in [0.15, 0.2) is 0 Å². The van der Waals surface area contributed by atoms with E-state index >= 15 is 0 Å². The van der Waals surface area contributed by atoms with Crippen LogP contribution in [-0.2, 0) is 12.8 Å². The number of nitrogens with zero attached hydrogens (tertiary/aromatic N) is 1. The van der Waals surface area contributed by atoms with Crippen LogP contribution < -0.4 is 10.1 Å². The second kappa shape index (κ2) is 9.56. The summed E-state index contributed by atoms with van der Waals surface area (Å²) < 4.78 is 45.7. The summed E-state index contributed by atoms with van der Waals surface area (Å²) in [6, 6.07) is 21.6. The fourth-order valence-electron chi connectivity index (χ4n) is 3.48. The summed E-state index contributed by atoms with van der Waals surface area (Å²) in [6.07, 6.45) is -4.55. The van der Waals surface area contributed by atoms with E-state index in [-0.39, 0.29) is 11.1 Å². The van der Waals surface area contributed by atoms with E-state index in [4.69, 9.17) is 4.74 Å². The van der Waals surface area contributed by atoms with Crippen LogP contribution in [0.2, 0.25) is 0 Å². The SMILES string of the molecule is O=C(Nc1ccccc1C(F)(F)F)N1CCSC1c1cccc(OCc2ccccc2)c1. The van der Waals surface area contributed by atoms with Gasteiger partial charge in [0.1, 0.15) is 17.7 Å². The molecule has 0 bridgehead atoms. The fourth-order valence-corrected chi connectivity index (χ4v) is 4.72. The Labute approximate surface area is 188 Å². The molecule has 166 valence electrons. The zero-order valence-electron chi connectivity index (χ0n) is 17.0. The molecule has 1 N–H and O–H groups in total. The van der Waals surface area contributed by atoms with Gasteiger partial charge in [-0.1, -0.05) is 54.6 Å². The smallest absolute Gasteiger partial charge is 0.418 e. The third-order valence-electron chi connectivity index (χ3n) is 5.02. The van der Waals surface area contributed by atoms with Gasteiger partial charge in [0, 0.05) is 12.3 Å². The van der Waals surface area contributed by atoms with E-state index in [0.717, 1.165) is 17.2 Å². The molecule has 0 spiro atoms. The van der Waals surface area contributed by atoms with Gasteiger partial charge in [0.2, 0.25) is 0 Å². The molecule has 1 unspecified atom stereocenters. The molecule has 3 aromatic rings. The number of para-hydroxylation sites is 1. The highest BCUT2D eigenvalue weighted by Crippen LogP contribution is 2.40. The summed E-state index contributed by atoms with van der Waals surface area (Å²) in [7, 11) is 0. The quantitative estimate of drug-likeness (QED) is 0.471. The Morgan fingerprint density at radius 1 is 1.03 bits per heavy atom. The number of hydrogen-bond acceptors (Lipinski definition) is 3. The lowest BCUT2D eigenvalue weighted by molar-refractivity contribution is -0.136. The maximum absolute atomic E-state index is 13.3. The molecule has 1 heterocycles. The number of carbonyl (C=O) groups excluding carboxylic acids is 1. The summed E-state index contributed by atoms with van der Waals surface area (Å²) >= 11 is 1.56. The lowest BCUT2D eigenvalue weighted by Crippen LogP contribution is -2.34. The van der Waals surface area contributed by atoms with Crippen LogP contribution in [0.5, 0.6) is 5.75 Å². The highest BCUT2D eigenvalue weighted by Gasteiger charge is 2.35. The second-order valence-electron chi connectivity index (χ2n) is 7.24. The number of urea groups is 1. The first-order valence-corrected chi connectivity index (χ1v) is 11.1. The molecule has 1 atom stereocenters. The number of thioether (sulfide) groups is 1.